The summed E-state index contributed by atoms with van der Waals surface area (Å²) in [5.74, 6) is 0. The maximum Gasteiger partial charge on any atom is 0.524 e. The second-order valence-corrected chi connectivity index (χ2v) is 2.22. The van der Waals surface area contributed by atoms with Crippen molar-refractivity contribution in [2.24, 2.45) is 4.99 Å². The Bertz CT molecular complexity index is 168. The number of nitrogens with zero attached hydrogens (tertiary/aromatic N) is 2. The first-order chi connectivity index (χ1) is 4.97. The lowest BCUT2D eigenvalue weighted by molar-refractivity contribution is -0.340. The summed E-state index contributed by atoms with van der Waals surface area (Å²) in [6.45, 7) is 0.152. The average Bonchev–Trinajstić information content (AvgIpc) is 2.10. The zero-order valence-corrected chi connectivity index (χ0v) is 5.80. The van der Waals surface area contributed by atoms with Crippen LogP contribution in [-0.2, 0) is 4.74 Å². The molecule has 1 unspecified atom stereocenters. The van der Waals surface area contributed by atoms with E-state index >= 15 is 0 Å². The Labute approximate surface area is 61.5 Å². The van der Waals surface area contributed by atoms with Crippen molar-refractivity contribution in [3.8, 4) is 0 Å². The molecular formula is C5H7F3N2O. The van der Waals surface area contributed by atoms with Gasteiger partial charge in [0.25, 0.3) is 0 Å². The van der Waals surface area contributed by atoms with E-state index in [1.54, 1.807) is 7.05 Å². The van der Waals surface area contributed by atoms with E-state index in [1.165, 1.54) is 11.2 Å². The molecule has 1 heterocycles. The highest BCUT2D eigenvalue weighted by molar-refractivity contribution is 5.56. The minimum absolute atomic E-state index is 0.152. The number of hydrogen-bond donors (Lipinski definition) is 0. The summed E-state index contributed by atoms with van der Waals surface area (Å²) in [5, 5.41) is 0. The fourth-order valence-corrected chi connectivity index (χ4v) is 0.751. The molecule has 11 heavy (non-hydrogen) atoms. The minimum Gasteiger partial charge on any atom is -0.361 e. The summed E-state index contributed by atoms with van der Waals surface area (Å²) in [6, 6.07) is 0. The molecule has 0 fully saturated rings. The SMILES string of the molecule is CN1C=NC(OC(F)(F)F)C1. The maximum absolute atomic E-state index is 11.5. The number of halogens is 3. The van der Waals surface area contributed by atoms with Crippen molar-refractivity contribution in [1.82, 2.24) is 4.90 Å². The molecule has 0 bridgehead atoms. The summed E-state index contributed by atoms with van der Waals surface area (Å²) in [5.41, 5.74) is 0. The smallest absolute Gasteiger partial charge is 0.361 e. The monoisotopic (exact) mass is 168 g/mol. The van der Waals surface area contributed by atoms with Crippen molar-refractivity contribution in [1.29, 1.82) is 0 Å². The lowest BCUT2D eigenvalue weighted by Crippen LogP contribution is -2.27. The van der Waals surface area contributed by atoms with Crippen LogP contribution in [-0.4, -0.2) is 37.4 Å². The number of aliphatic imine (C=N–C) groups is 1. The van der Waals surface area contributed by atoms with E-state index in [0.29, 0.717) is 0 Å². The molecule has 0 spiro atoms. The van der Waals surface area contributed by atoms with Gasteiger partial charge in [-0.3, -0.25) is 4.74 Å². The zero-order valence-electron chi connectivity index (χ0n) is 5.80. The Morgan fingerprint density at radius 3 is 2.64 bits per heavy atom. The van der Waals surface area contributed by atoms with Crippen LogP contribution in [0.5, 0.6) is 0 Å². The average molecular weight is 168 g/mol. The Morgan fingerprint density at radius 1 is 1.64 bits per heavy atom. The number of hydrogen-bond acceptors (Lipinski definition) is 3. The summed E-state index contributed by atoms with van der Waals surface area (Å²) >= 11 is 0. The predicted octanol–water partition coefficient (Wildman–Crippen LogP) is 0.823. The molecule has 1 aliphatic heterocycles. The largest absolute Gasteiger partial charge is 0.524 e. The van der Waals surface area contributed by atoms with Gasteiger partial charge in [-0.15, -0.1) is 13.2 Å². The van der Waals surface area contributed by atoms with E-state index < -0.39 is 12.6 Å². The van der Waals surface area contributed by atoms with Gasteiger partial charge in [-0.2, -0.15) is 0 Å². The van der Waals surface area contributed by atoms with Crippen molar-refractivity contribution in [3.05, 3.63) is 0 Å². The number of alkyl halides is 3. The van der Waals surface area contributed by atoms with Gasteiger partial charge in [0.2, 0.25) is 0 Å². The van der Waals surface area contributed by atoms with E-state index in [4.69, 9.17) is 0 Å². The molecular weight excluding hydrogens is 161 g/mol. The summed E-state index contributed by atoms with van der Waals surface area (Å²) in [4.78, 5) is 4.98. The highest BCUT2D eigenvalue weighted by atomic mass is 19.4. The van der Waals surface area contributed by atoms with Crippen LogP contribution < -0.4 is 0 Å². The van der Waals surface area contributed by atoms with Gasteiger partial charge < -0.3 is 4.90 Å². The van der Waals surface area contributed by atoms with Crippen molar-refractivity contribution in [3.63, 3.8) is 0 Å². The van der Waals surface area contributed by atoms with Crippen LogP contribution in [0.25, 0.3) is 0 Å². The molecule has 1 rings (SSSR count). The third kappa shape index (κ3) is 2.75. The van der Waals surface area contributed by atoms with Crippen molar-refractivity contribution in [2.45, 2.75) is 12.6 Å². The van der Waals surface area contributed by atoms with Gasteiger partial charge in [-0.05, 0) is 0 Å². The molecule has 0 aromatic carbocycles. The van der Waals surface area contributed by atoms with E-state index in [0.717, 1.165) is 0 Å². The second-order valence-electron chi connectivity index (χ2n) is 2.22. The van der Waals surface area contributed by atoms with E-state index in [-0.39, 0.29) is 6.54 Å². The normalized spacial score (nSPS) is 24.7. The van der Waals surface area contributed by atoms with Crippen LogP contribution >= 0.6 is 0 Å². The zero-order chi connectivity index (χ0) is 8.48. The quantitative estimate of drug-likeness (QED) is 0.579. The van der Waals surface area contributed by atoms with Crippen molar-refractivity contribution in [2.75, 3.05) is 13.6 Å². The number of rotatable bonds is 1. The minimum atomic E-state index is -4.59. The molecule has 3 nitrogen and oxygen atoms in total. The first-order valence-corrected chi connectivity index (χ1v) is 2.95. The molecule has 64 valence electrons. The summed E-state index contributed by atoms with van der Waals surface area (Å²) in [6.07, 6.45) is -4.37. The lowest BCUT2D eigenvalue weighted by atomic mass is 10.6. The van der Waals surface area contributed by atoms with Gasteiger partial charge in [0.1, 0.15) is 0 Å². The third-order valence-electron chi connectivity index (χ3n) is 1.14. The van der Waals surface area contributed by atoms with Gasteiger partial charge >= 0.3 is 6.36 Å². The molecule has 0 aliphatic carbocycles. The second kappa shape index (κ2) is 2.69. The lowest BCUT2D eigenvalue weighted by Gasteiger charge is -2.12. The molecule has 0 amide bonds. The first kappa shape index (κ1) is 8.32. The van der Waals surface area contributed by atoms with Gasteiger partial charge in [-0.25, -0.2) is 4.99 Å². The van der Waals surface area contributed by atoms with Crippen LogP contribution in [0.2, 0.25) is 0 Å². The summed E-state index contributed by atoms with van der Waals surface area (Å²) in [7, 11) is 1.63. The highest BCUT2D eigenvalue weighted by Crippen LogP contribution is 2.20. The Kier molecular flexibility index (Phi) is 2.03. The number of likely N-dealkylation sites (N-methyl/N-ethyl adjacent to an activating group) is 1. The Balaban J connectivity index is 2.36. The van der Waals surface area contributed by atoms with Gasteiger partial charge in [0.15, 0.2) is 6.23 Å². The van der Waals surface area contributed by atoms with Crippen LogP contribution in [0.4, 0.5) is 13.2 Å². The predicted molar refractivity (Wildman–Crippen MR) is 32.0 cm³/mol. The molecule has 6 heteroatoms. The van der Waals surface area contributed by atoms with E-state index in [1.807, 2.05) is 0 Å². The van der Waals surface area contributed by atoms with Crippen LogP contribution in [0.15, 0.2) is 4.99 Å². The van der Waals surface area contributed by atoms with Crippen molar-refractivity contribution >= 4 is 6.34 Å². The first-order valence-electron chi connectivity index (χ1n) is 2.95. The Morgan fingerprint density at radius 2 is 2.27 bits per heavy atom. The number of ether oxygens (including phenoxy) is 1. The summed E-state index contributed by atoms with van der Waals surface area (Å²) < 4.78 is 38.2. The molecule has 1 atom stereocenters. The highest BCUT2D eigenvalue weighted by Gasteiger charge is 2.34. The van der Waals surface area contributed by atoms with Gasteiger partial charge in [-0.1, -0.05) is 0 Å². The topological polar surface area (TPSA) is 24.8 Å². The molecule has 0 aromatic rings. The Hall–Kier alpha value is -0.780. The standard InChI is InChI=1S/C5H7F3N2O/c1-10-2-4(9-3-10)11-5(6,7)8/h3-4H,2H2,1H3. The third-order valence-corrected chi connectivity index (χ3v) is 1.14. The fraction of sp³-hybridized carbons (Fsp3) is 0.800. The van der Waals surface area contributed by atoms with Crippen LogP contribution in [0.3, 0.4) is 0 Å². The van der Waals surface area contributed by atoms with Gasteiger partial charge in [0, 0.05) is 7.05 Å². The van der Waals surface area contributed by atoms with E-state index in [9.17, 15) is 13.2 Å². The van der Waals surface area contributed by atoms with Crippen molar-refractivity contribution < 1.29 is 17.9 Å². The molecule has 0 radical (unpaired) electrons. The fourth-order valence-electron chi connectivity index (χ4n) is 0.751. The maximum atomic E-state index is 11.5. The van der Waals surface area contributed by atoms with Gasteiger partial charge in [0.05, 0.1) is 12.9 Å². The van der Waals surface area contributed by atoms with Crippen LogP contribution in [0, 0.1) is 0 Å². The molecule has 0 aromatic heterocycles. The molecule has 0 saturated heterocycles. The molecule has 0 N–H and O–H groups in total. The van der Waals surface area contributed by atoms with E-state index in [2.05, 4.69) is 9.73 Å². The van der Waals surface area contributed by atoms with Crippen LogP contribution in [0.1, 0.15) is 0 Å². The molecule has 0 saturated carbocycles. The molecule has 1 aliphatic rings.